The number of fused-ring (bicyclic) bond motifs is 1. The smallest absolute Gasteiger partial charge is 0.253 e. The monoisotopic (exact) mass is 272 g/mol. The van der Waals surface area contributed by atoms with E-state index in [2.05, 4.69) is 11.4 Å². The van der Waals surface area contributed by atoms with Gasteiger partial charge >= 0.3 is 0 Å². The highest BCUT2D eigenvalue weighted by molar-refractivity contribution is 7.12. The summed E-state index contributed by atoms with van der Waals surface area (Å²) < 4.78 is 0. The van der Waals surface area contributed by atoms with E-state index < -0.39 is 0 Å². The lowest BCUT2D eigenvalue weighted by atomic mass is 10.1. The molecular weight excluding hydrogens is 256 g/mol. The van der Waals surface area contributed by atoms with E-state index in [1.54, 1.807) is 12.1 Å². The molecule has 2 aromatic rings. The van der Waals surface area contributed by atoms with Crippen LogP contribution in [-0.2, 0) is 19.4 Å². The van der Waals surface area contributed by atoms with Crippen molar-refractivity contribution < 1.29 is 4.79 Å². The minimum absolute atomic E-state index is 0.105. The van der Waals surface area contributed by atoms with Crippen molar-refractivity contribution in [2.24, 2.45) is 0 Å². The van der Waals surface area contributed by atoms with Crippen LogP contribution < -0.4 is 11.1 Å². The van der Waals surface area contributed by atoms with Gasteiger partial charge in [-0.25, -0.2) is 0 Å². The number of hydrogen-bond acceptors (Lipinski definition) is 3. The molecule has 0 bridgehead atoms. The molecule has 1 aliphatic rings. The van der Waals surface area contributed by atoms with Crippen molar-refractivity contribution in [3.05, 3.63) is 51.2 Å². The molecule has 1 heterocycles. The van der Waals surface area contributed by atoms with Crippen LogP contribution in [0.5, 0.6) is 0 Å². The molecule has 19 heavy (non-hydrogen) atoms. The van der Waals surface area contributed by atoms with E-state index in [0.717, 1.165) is 0 Å². The summed E-state index contributed by atoms with van der Waals surface area (Å²) in [6, 6.07) is 9.37. The van der Waals surface area contributed by atoms with Gasteiger partial charge in [-0.2, -0.15) is 0 Å². The standard InChI is InChI=1S/C15H16N2OS/c16-13-6-2-1-5-12(13)15(18)17-9-11-8-10-4-3-7-14(10)19-11/h1-2,5-6,8H,3-4,7,9,16H2,(H,17,18). The predicted molar refractivity (Wildman–Crippen MR) is 78.4 cm³/mol. The lowest BCUT2D eigenvalue weighted by Gasteiger charge is -2.06. The second-order valence-corrected chi connectivity index (χ2v) is 6.01. The maximum Gasteiger partial charge on any atom is 0.253 e. The third-order valence-corrected chi connectivity index (χ3v) is 4.66. The number of benzene rings is 1. The fraction of sp³-hybridized carbons (Fsp3) is 0.267. The number of carbonyl (C=O) groups excluding carboxylic acids is 1. The van der Waals surface area contributed by atoms with Gasteiger partial charge in [0.1, 0.15) is 0 Å². The number of nitrogens with two attached hydrogens (primary N) is 1. The van der Waals surface area contributed by atoms with Crippen molar-refractivity contribution >= 4 is 22.9 Å². The summed E-state index contributed by atoms with van der Waals surface area (Å²) in [5.41, 5.74) is 8.33. The molecule has 0 aliphatic heterocycles. The third-order valence-electron chi connectivity index (χ3n) is 3.43. The zero-order chi connectivity index (χ0) is 13.2. The van der Waals surface area contributed by atoms with Crippen LogP contribution in [0.3, 0.4) is 0 Å². The van der Waals surface area contributed by atoms with E-state index in [-0.39, 0.29) is 5.91 Å². The van der Waals surface area contributed by atoms with Crippen LogP contribution in [0.4, 0.5) is 5.69 Å². The van der Waals surface area contributed by atoms with Gasteiger partial charge in [0.25, 0.3) is 5.91 Å². The molecule has 0 saturated heterocycles. The summed E-state index contributed by atoms with van der Waals surface area (Å²) in [5, 5.41) is 2.94. The van der Waals surface area contributed by atoms with E-state index in [1.165, 1.54) is 34.6 Å². The second kappa shape index (κ2) is 5.05. The van der Waals surface area contributed by atoms with Crippen LogP contribution in [0.1, 0.15) is 32.1 Å². The molecule has 1 aromatic heterocycles. The Bertz CT molecular complexity index is 597. The fourth-order valence-corrected chi connectivity index (χ4v) is 3.64. The molecule has 1 amide bonds. The Morgan fingerprint density at radius 2 is 2.16 bits per heavy atom. The highest BCUT2D eigenvalue weighted by Gasteiger charge is 2.15. The number of thiophene rings is 1. The van der Waals surface area contributed by atoms with Crippen LogP contribution in [0.25, 0.3) is 0 Å². The third kappa shape index (κ3) is 2.49. The van der Waals surface area contributed by atoms with Crippen LogP contribution in [0.2, 0.25) is 0 Å². The number of aryl methyl sites for hydroxylation is 2. The maximum atomic E-state index is 12.0. The number of para-hydroxylation sites is 1. The van der Waals surface area contributed by atoms with E-state index in [9.17, 15) is 4.79 Å². The number of rotatable bonds is 3. The van der Waals surface area contributed by atoms with Gasteiger partial charge in [0.05, 0.1) is 12.1 Å². The van der Waals surface area contributed by atoms with E-state index in [4.69, 9.17) is 5.73 Å². The Labute approximate surface area is 116 Å². The van der Waals surface area contributed by atoms with Gasteiger partial charge in [0, 0.05) is 15.4 Å². The molecule has 0 atom stereocenters. The molecular formula is C15H16N2OS. The van der Waals surface area contributed by atoms with Crippen molar-refractivity contribution in [2.75, 3.05) is 5.73 Å². The van der Waals surface area contributed by atoms with Crippen LogP contribution in [0, 0.1) is 0 Å². The summed E-state index contributed by atoms with van der Waals surface area (Å²) in [4.78, 5) is 14.7. The van der Waals surface area contributed by atoms with Crippen LogP contribution >= 0.6 is 11.3 Å². The van der Waals surface area contributed by atoms with Crippen molar-refractivity contribution in [3.63, 3.8) is 0 Å². The molecule has 0 radical (unpaired) electrons. The summed E-state index contributed by atoms with van der Waals surface area (Å²) in [5.74, 6) is -0.105. The minimum atomic E-state index is -0.105. The van der Waals surface area contributed by atoms with Crippen molar-refractivity contribution in [2.45, 2.75) is 25.8 Å². The SMILES string of the molecule is Nc1ccccc1C(=O)NCc1cc2c(s1)CCC2. The van der Waals surface area contributed by atoms with Crippen molar-refractivity contribution in [3.8, 4) is 0 Å². The number of nitrogens with one attached hydrogen (secondary N) is 1. The molecule has 3 nitrogen and oxygen atoms in total. The predicted octanol–water partition coefficient (Wildman–Crippen LogP) is 2.75. The molecule has 3 N–H and O–H groups in total. The summed E-state index contributed by atoms with van der Waals surface area (Å²) in [7, 11) is 0. The maximum absolute atomic E-state index is 12.0. The molecule has 1 aliphatic carbocycles. The second-order valence-electron chi connectivity index (χ2n) is 4.78. The van der Waals surface area contributed by atoms with Crippen LogP contribution in [-0.4, -0.2) is 5.91 Å². The normalized spacial score (nSPS) is 13.3. The lowest BCUT2D eigenvalue weighted by molar-refractivity contribution is 0.0952. The number of amides is 1. The Balaban J connectivity index is 1.66. The van der Waals surface area contributed by atoms with E-state index in [1.807, 2.05) is 23.5 Å². The Morgan fingerprint density at radius 3 is 2.95 bits per heavy atom. The van der Waals surface area contributed by atoms with Gasteiger partial charge in [0.2, 0.25) is 0 Å². The number of anilines is 1. The first kappa shape index (κ1) is 12.2. The molecule has 1 aromatic carbocycles. The largest absolute Gasteiger partial charge is 0.398 e. The molecule has 0 fully saturated rings. The highest BCUT2D eigenvalue weighted by Crippen LogP contribution is 2.30. The summed E-state index contributed by atoms with van der Waals surface area (Å²) >= 11 is 1.82. The average molecular weight is 272 g/mol. The molecule has 0 saturated carbocycles. The van der Waals surface area contributed by atoms with Crippen molar-refractivity contribution in [1.29, 1.82) is 0 Å². The summed E-state index contributed by atoms with van der Waals surface area (Å²) in [6.07, 6.45) is 3.65. The lowest BCUT2D eigenvalue weighted by Crippen LogP contribution is -2.23. The summed E-state index contributed by atoms with van der Waals surface area (Å²) in [6.45, 7) is 0.588. The first-order valence-corrected chi connectivity index (χ1v) is 7.29. The highest BCUT2D eigenvalue weighted by atomic mass is 32.1. The number of nitrogen functional groups attached to an aromatic ring is 1. The molecule has 0 unspecified atom stereocenters. The van der Waals surface area contributed by atoms with Crippen molar-refractivity contribution in [1.82, 2.24) is 5.32 Å². The van der Waals surface area contributed by atoms with E-state index in [0.29, 0.717) is 17.8 Å². The van der Waals surface area contributed by atoms with Gasteiger partial charge in [-0.3, -0.25) is 4.79 Å². The van der Waals surface area contributed by atoms with Crippen LogP contribution in [0.15, 0.2) is 30.3 Å². The topological polar surface area (TPSA) is 55.1 Å². The van der Waals surface area contributed by atoms with Gasteiger partial charge < -0.3 is 11.1 Å². The Hall–Kier alpha value is -1.81. The molecule has 0 spiro atoms. The zero-order valence-electron chi connectivity index (χ0n) is 10.6. The quantitative estimate of drug-likeness (QED) is 0.844. The number of carbonyl (C=O) groups is 1. The Kier molecular flexibility index (Phi) is 3.25. The van der Waals surface area contributed by atoms with Gasteiger partial charge in [0.15, 0.2) is 0 Å². The fourth-order valence-electron chi connectivity index (χ4n) is 2.44. The zero-order valence-corrected chi connectivity index (χ0v) is 11.4. The molecule has 3 rings (SSSR count). The molecule has 4 heteroatoms. The number of hydrogen-bond donors (Lipinski definition) is 2. The van der Waals surface area contributed by atoms with Gasteiger partial charge in [-0.1, -0.05) is 12.1 Å². The van der Waals surface area contributed by atoms with Gasteiger partial charge in [-0.05, 0) is 43.0 Å². The minimum Gasteiger partial charge on any atom is -0.398 e. The Morgan fingerprint density at radius 1 is 1.32 bits per heavy atom. The van der Waals surface area contributed by atoms with Gasteiger partial charge in [-0.15, -0.1) is 11.3 Å². The first-order valence-electron chi connectivity index (χ1n) is 6.47. The first-order chi connectivity index (χ1) is 9.24. The van der Waals surface area contributed by atoms with E-state index >= 15 is 0 Å². The average Bonchev–Trinajstić information content (AvgIpc) is 2.97. The molecule has 98 valence electrons.